The highest BCUT2D eigenvalue weighted by atomic mass is 35.5. The van der Waals surface area contributed by atoms with Crippen LogP contribution in [0.1, 0.15) is 180 Å². The van der Waals surface area contributed by atoms with Gasteiger partial charge in [-0.15, -0.1) is 0 Å². The maximum absolute atomic E-state index is 15.9. The average Bonchev–Trinajstić information content (AvgIpc) is 1.70. The second kappa shape index (κ2) is 48.2. The van der Waals surface area contributed by atoms with Crippen LogP contribution in [0.5, 0.6) is 0 Å². The number of piperidine rings is 1. The zero-order valence-electron chi connectivity index (χ0n) is 75.0. The number of unbranched alkanes of at least 4 members (excludes halogenated alkanes) is 2. The van der Waals surface area contributed by atoms with Crippen molar-refractivity contribution in [2.75, 3.05) is 53.4 Å². The molecule has 37 nitrogen and oxygen atoms in total. The van der Waals surface area contributed by atoms with Crippen molar-refractivity contribution in [3.63, 3.8) is 0 Å². The Morgan fingerprint density at radius 1 is 0.512 bits per heavy atom. The number of fused-ring (bicyclic) bond motifs is 5. The van der Waals surface area contributed by atoms with Crippen LogP contribution in [0.3, 0.4) is 0 Å². The number of benzene rings is 3. The fraction of sp³-hybridized carbons (Fsp3) is 0.582. The lowest BCUT2D eigenvalue weighted by molar-refractivity contribution is -0.149. The van der Waals surface area contributed by atoms with Gasteiger partial charge in [0, 0.05) is 118 Å². The number of carbonyl (C=O) groups is 16. The van der Waals surface area contributed by atoms with Gasteiger partial charge in [-0.2, -0.15) is 0 Å². The van der Waals surface area contributed by atoms with Crippen LogP contribution in [-0.4, -0.2) is 277 Å². The first kappa shape index (κ1) is 101. The van der Waals surface area contributed by atoms with E-state index in [-0.39, 0.29) is 134 Å². The van der Waals surface area contributed by atoms with Crippen LogP contribution in [0, 0.1) is 11.8 Å². The summed E-state index contributed by atoms with van der Waals surface area (Å²) in [5, 5.41) is 48.2. The van der Waals surface area contributed by atoms with Crippen molar-refractivity contribution >= 4 is 128 Å². The topological polar surface area (TPSA) is 537 Å². The van der Waals surface area contributed by atoms with Gasteiger partial charge in [-0.3, -0.25) is 76.7 Å². The van der Waals surface area contributed by atoms with Crippen LogP contribution in [0.25, 0.3) is 21.8 Å². The van der Waals surface area contributed by atoms with Crippen LogP contribution < -0.4 is 65.1 Å². The van der Waals surface area contributed by atoms with Crippen LogP contribution in [0.15, 0.2) is 85.2 Å². The Hall–Kier alpha value is -11.6. The van der Waals surface area contributed by atoms with Crippen LogP contribution >= 0.6 is 11.6 Å². The number of aromatic amines is 1. The van der Waals surface area contributed by atoms with Crippen molar-refractivity contribution in [2.45, 2.75) is 274 Å². The van der Waals surface area contributed by atoms with Crippen LogP contribution in [0.4, 0.5) is 0 Å². The number of hydrogen-bond donors (Lipinski definition) is 15. The first-order valence-electron chi connectivity index (χ1n) is 45.1. The summed E-state index contributed by atoms with van der Waals surface area (Å²) in [6, 6.07) is 2.15. The van der Waals surface area contributed by atoms with Crippen molar-refractivity contribution in [1.29, 1.82) is 0 Å². The molecule has 14 atom stereocenters. The Balaban J connectivity index is 1.08. The van der Waals surface area contributed by atoms with E-state index in [1.165, 1.54) is 33.4 Å². The molecule has 9 rings (SSSR count). The molecule has 4 aliphatic rings. The van der Waals surface area contributed by atoms with Gasteiger partial charge in [-0.05, 0) is 136 Å². The molecule has 0 spiro atoms. The minimum Gasteiger partial charge on any atom is -0.480 e. The molecule has 3 aromatic carbocycles. The number of halogens is 1. The Kier molecular flexibility index (Phi) is 37.8. The number of rotatable bonds is 23. The number of carboxylic acids is 1. The van der Waals surface area contributed by atoms with Gasteiger partial charge >= 0.3 is 5.97 Å². The Bertz CT molecular complexity index is 4810. The van der Waals surface area contributed by atoms with Crippen LogP contribution in [-0.2, 0) is 103 Å². The number of primary amides is 1. The standard InChI is InChI=1S/C91H130ClN19O18/c1-9-11-25-71-83(121)100-63(40-52(3)4)79(117)96-37-19-17-30-77(114)98-66(42-54-31-33-57(92)34-32-54)88(126)109-38-20-18-28-72(109)84(122)104-68(46-76(95)113)89(127)110-39-21-29-73(110)85(123)105-69(47-94)82(120)102-65(41-53(5)6)90(128)111-50-58(112)45-75(111)86(124)101-64(43-55-48-97-61-24-15-13-22-59(55)61)81(119)99-62(35-36-93)80(118)103-67(87(125)107(8)74(26-12-10-2)91(129)106(71)7)44-56-49-108(51-78(115)116)70-27-16-14-23-60(56)70/h13-16,22-24,27,31-34,48-49,52-53,58,62-69,71-75,97,112H,9-12,17-21,25-26,28-30,35-47,50-51,93-94H2,1-8H3,(H2,95,113)(H,96,117)(H,98,114)(H,99,119)(H,100,121)(H,101,124)(H,102,120)(H,103,118)(H,104,122)(H,105,123)(H,115,116)/t58-,62+,63+,64+,65+,66+,67+,68+,69+,71+,72+,73+,74+,75+/m1/s1. The maximum Gasteiger partial charge on any atom is 0.323 e. The van der Waals surface area contributed by atoms with Gasteiger partial charge in [-0.25, -0.2) is 0 Å². The summed E-state index contributed by atoms with van der Waals surface area (Å²) in [4.78, 5) is 245. The Morgan fingerprint density at radius 2 is 1.05 bits per heavy atom. The molecule has 129 heavy (non-hydrogen) atoms. The van der Waals surface area contributed by atoms with E-state index in [1.54, 1.807) is 99.0 Å². The zero-order chi connectivity index (χ0) is 94.0. The SMILES string of the molecule is CCCC[C@H]1C(=O)N(C)[C@@H](CCCC)C(=O)N[C@@H](CC(C)C)C(=O)NCCCCC(=O)N[C@@H](Cc2ccc(Cl)cc2)C(=O)N2CCCC[C@H]2C(=O)N[C@@H](CC(N)=O)C(=O)N2CCC[C@H]2C(=O)N[C@@H](CN)C(=O)N[C@@H](CC(C)C)C(=O)N2C[C@H](O)C[C@H]2C(=O)N[C@@H](Cc2c[nH]c3ccccc23)C(=O)N[C@@H](CCN)C(=O)N[C@@H](Cc2cn(CC(=O)O)c3ccccc23)C(=O)N1C. The summed E-state index contributed by atoms with van der Waals surface area (Å²) < 4.78 is 1.47. The van der Waals surface area contributed by atoms with E-state index in [1.807, 2.05) is 27.7 Å². The summed E-state index contributed by atoms with van der Waals surface area (Å²) in [5.74, 6) is -13.7. The fourth-order valence-electron chi connectivity index (χ4n) is 17.6. The number of aliphatic hydroxyl groups is 1. The third-order valence-electron chi connectivity index (χ3n) is 24.4. The van der Waals surface area contributed by atoms with Gasteiger partial charge in [-0.1, -0.05) is 127 Å². The molecule has 0 unspecified atom stereocenters. The van der Waals surface area contributed by atoms with E-state index in [0.29, 0.717) is 82.0 Å². The van der Waals surface area contributed by atoms with Gasteiger partial charge in [0.15, 0.2) is 0 Å². The highest BCUT2D eigenvalue weighted by Crippen LogP contribution is 2.30. The molecule has 18 N–H and O–H groups in total. The number of carbonyl (C=O) groups excluding carboxylic acids is 15. The molecule has 704 valence electrons. The number of carboxylic acid groups (broad SMARTS) is 1. The number of nitrogens with zero attached hydrogens (tertiary/aromatic N) is 6. The maximum atomic E-state index is 15.9. The molecule has 5 aromatic rings. The predicted molar refractivity (Wildman–Crippen MR) is 481 cm³/mol. The fourth-order valence-corrected chi connectivity index (χ4v) is 17.7. The molecule has 0 aliphatic carbocycles. The normalized spacial score (nSPS) is 25.5. The van der Waals surface area contributed by atoms with E-state index < -0.39 is 205 Å². The summed E-state index contributed by atoms with van der Waals surface area (Å²) in [6.07, 6.45) is 3.71. The lowest BCUT2D eigenvalue weighted by Crippen LogP contribution is -2.62. The minimum atomic E-state index is -1.67. The molecule has 6 heterocycles. The van der Waals surface area contributed by atoms with Gasteiger partial charge in [0.05, 0.1) is 12.5 Å². The second-order valence-corrected chi connectivity index (χ2v) is 35.6. The van der Waals surface area contributed by atoms with Gasteiger partial charge < -0.3 is 109 Å². The van der Waals surface area contributed by atoms with Crippen molar-refractivity contribution in [3.05, 3.63) is 107 Å². The first-order chi connectivity index (χ1) is 61.5. The number of nitrogens with one attached hydrogen (secondary N) is 10. The van der Waals surface area contributed by atoms with E-state index in [0.717, 1.165) is 9.80 Å². The summed E-state index contributed by atoms with van der Waals surface area (Å²) in [7, 11) is 2.83. The van der Waals surface area contributed by atoms with E-state index >= 15 is 38.4 Å². The number of amides is 15. The lowest BCUT2D eigenvalue weighted by atomic mass is 9.97. The molecule has 4 aliphatic heterocycles. The summed E-state index contributed by atoms with van der Waals surface area (Å²) in [5.41, 5.74) is 20.9. The Labute approximate surface area is 756 Å². The molecule has 4 fully saturated rings. The highest BCUT2D eigenvalue weighted by molar-refractivity contribution is 6.30. The first-order valence-corrected chi connectivity index (χ1v) is 45.5. The van der Waals surface area contributed by atoms with E-state index in [9.17, 15) is 48.6 Å². The average molecular weight is 1810 g/mol. The van der Waals surface area contributed by atoms with Gasteiger partial charge in [0.2, 0.25) is 88.6 Å². The van der Waals surface area contributed by atoms with E-state index in [4.69, 9.17) is 28.8 Å². The monoisotopic (exact) mass is 1810 g/mol. The zero-order valence-corrected chi connectivity index (χ0v) is 75.8. The molecule has 4 saturated heterocycles. The predicted octanol–water partition coefficient (Wildman–Crippen LogP) is 1.71. The summed E-state index contributed by atoms with van der Waals surface area (Å²) >= 11 is 6.28. The van der Waals surface area contributed by atoms with Crippen molar-refractivity contribution in [3.8, 4) is 0 Å². The third-order valence-corrected chi connectivity index (χ3v) is 24.6. The number of aliphatic hydroxyl groups excluding tert-OH is 1. The smallest absolute Gasteiger partial charge is 0.323 e. The molecule has 2 aromatic heterocycles. The minimum absolute atomic E-state index is 0.0374. The number of nitrogens with two attached hydrogens (primary N) is 3. The number of aliphatic carboxylic acids is 1. The number of likely N-dealkylation sites (N-methyl/N-ethyl adjacent to an activating group) is 2. The van der Waals surface area contributed by atoms with E-state index in [2.05, 4.69) is 52.8 Å². The summed E-state index contributed by atoms with van der Waals surface area (Å²) in [6.45, 7) is 9.36. The highest BCUT2D eigenvalue weighted by Gasteiger charge is 2.47. The quantitative estimate of drug-likeness (QED) is 0.0442. The number of para-hydroxylation sites is 2. The van der Waals surface area contributed by atoms with Gasteiger partial charge in [0.1, 0.15) is 85.1 Å². The van der Waals surface area contributed by atoms with Gasteiger partial charge in [0.25, 0.3) is 0 Å². The van der Waals surface area contributed by atoms with Crippen molar-refractivity contribution < 1.29 is 86.9 Å². The third kappa shape index (κ3) is 27.5. The second-order valence-electron chi connectivity index (χ2n) is 35.2. The number of H-pyrrole nitrogens is 1. The number of hydrogen-bond acceptors (Lipinski definition) is 19. The number of aromatic nitrogens is 2. The lowest BCUT2D eigenvalue weighted by Gasteiger charge is -2.38. The largest absolute Gasteiger partial charge is 0.480 e. The molecule has 15 amide bonds. The molecule has 0 radical (unpaired) electrons. The molecule has 38 heteroatoms. The molecular formula is C91H130ClN19O18. The van der Waals surface area contributed by atoms with Crippen molar-refractivity contribution in [1.82, 2.24) is 81.9 Å². The molecular weight excluding hydrogens is 1680 g/mol. The Morgan fingerprint density at radius 3 is 1.70 bits per heavy atom. The van der Waals surface area contributed by atoms with Crippen LogP contribution in [0.2, 0.25) is 5.02 Å². The van der Waals surface area contributed by atoms with Crippen molar-refractivity contribution in [2.24, 2.45) is 29.0 Å². The molecule has 0 saturated carbocycles. The molecule has 0 bridgehead atoms.